The third-order valence-corrected chi connectivity index (χ3v) is 6.43. The van der Waals surface area contributed by atoms with Crippen LogP contribution in [-0.2, 0) is 24.0 Å². The first-order valence-corrected chi connectivity index (χ1v) is 12.2. The molecule has 0 N–H and O–H groups in total. The standard InChI is InChI=1S/C30H31N3O2/c1-4-8-28-27(19-21-11-13-22(14-12-21)26-10-7-6-9-23(26)20-31)30(34)33(29(5-2)32-28)24-15-17-25(35-3)18-16-24/h6-7,9-17,25H,4-5,8,18-19H2,1-3H3. The number of hydrogen-bond donors (Lipinski definition) is 0. The average Bonchev–Trinajstić information content (AvgIpc) is 2.91. The van der Waals surface area contributed by atoms with E-state index in [9.17, 15) is 10.1 Å². The molecule has 0 radical (unpaired) electrons. The number of aryl methyl sites for hydroxylation is 2. The van der Waals surface area contributed by atoms with E-state index < -0.39 is 0 Å². The molecular formula is C30H31N3O2. The lowest BCUT2D eigenvalue weighted by Crippen LogP contribution is -2.30. The van der Waals surface area contributed by atoms with Gasteiger partial charge in [-0.25, -0.2) is 4.98 Å². The van der Waals surface area contributed by atoms with Gasteiger partial charge in [0.1, 0.15) is 5.82 Å². The van der Waals surface area contributed by atoms with E-state index in [0.29, 0.717) is 18.4 Å². The van der Waals surface area contributed by atoms with Gasteiger partial charge in [-0.3, -0.25) is 9.36 Å². The summed E-state index contributed by atoms with van der Waals surface area (Å²) in [6.07, 6.45) is 9.68. The van der Waals surface area contributed by atoms with Gasteiger partial charge in [0.2, 0.25) is 0 Å². The molecule has 1 aromatic heterocycles. The van der Waals surface area contributed by atoms with Gasteiger partial charge in [0.25, 0.3) is 5.56 Å². The van der Waals surface area contributed by atoms with E-state index >= 15 is 0 Å². The molecular weight excluding hydrogens is 434 g/mol. The predicted molar refractivity (Wildman–Crippen MR) is 140 cm³/mol. The summed E-state index contributed by atoms with van der Waals surface area (Å²) < 4.78 is 7.19. The normalized spacial score (nSPS) is 15.0. The van der Waals surface area contributed by atoms with Gasteiger partial charge in [-0.05, 0) is 41.7 Å². The zero-order valence-corrected chi connectivity index (χ0v) is 20.6. The molecule has 35 heavy (non-hydrogen) atoms. The second kappa shape index (κ2) is 11.1. The highest BCUT2D eigenvalue weighted by Crippen LogP contribution is 2.25. The van der Waals surface area contributed by atoms with Crippen LogP contribution in [0, 0.1) is 11.3 Å². The molecule has 178 valence electrons. The lowest BCUT2D eigenvalue weighted by atomic mass is 9.97. The third kappa shape index (κ3) is 5.18. The summed E-state index contributed by atoms with van der Waals surface area (Å²) >= 11 is 0. The van der Waals surface area contributed by atoms with Gasteiger partial charge in [-0.1, -0.05) is 74.9 Å². The molecule has 1 heterocycles. The number of nitrogens with zero attached hydrogens (tertiary/aromatic N) is 3. The number of hydrogen-bond acceptors (Lipinski definition) is 4. The first-order chi connectivity index (χ1) is 17.1. The second-order valence-electron chi connectivity index (χ2n) is 8.73. The molecule has 4 rings (SSSR count). The van der Waals surface area contributed by atoms with Crippen LogP contribution < -0.4 is 5.56 Å². The van der Waals surface area contributed by atoms with Gasteiger partial charge in [0.05, 0.1) is 23.4 Å². The average molecular weight is 466 g/mol. The monoisotopic (exact) mass is 465 g/mol. The molecule has 5 nitrogen and oxygen atoms in total. The SMILES string of the molecule is CCCc1nc(CC)n(C2=CCC(OC)C=C2)c(=O)c1Cc1ccc(-c2ccccc2C#N)cc1. The fraction of sp³-hybridized carbons (Fsp3) is 0.300. The molecule has 0 bridgehead atoms. The molecule has 0 saturated carbocycles. The summed E-state index contributed by atoms with van der Waals surface area (Å²) in [7, 11) is 1.70. The van der Waals surface area contributed by atoms with Crippen molar-refractivity contribution in [1.82, 2.24) is 9.55 Å². The molecule has 2 aromatic carbocycles. The van der Waals surface area contributed by atoms with E-state index in [1.165, 1.54) is 0 Å². The summed E-state index contributed by atoms with van der Waals surface area (Å²) in [5.74, 6) is 0.789. The van der Waals surface area contributed by atoms with Crippen LogP contribution in [0.3, 0.4) is 0 Å². The molecule has 0 amide bonds. The molecule has 0 spiro atoms. The molecule has 0 fully saturated rings. The van der Waals surface area contributed by atoms with Crippen molar-refractivity contribution in [3.8, 4) is 17.2 Å². The maximum atomic E-state index is 13.9. The molecule has 1 atom stereocenters. The summed E-state index contributed by atoms with van der Waals surface area (Å²) in [6, 6.07) is 18.0. The maximum Gasteiger partial charge on any atom is 0.261 e. The number of aromatic nitrogens is 2. The topological polar surface area (TPSA) is 67.9 Å². The number of methoxy groups -OCH3 is 1. The summed E-state index contributed by atoms with van der Waals surface area (Å²) in [6.45, 7) is 4.15. The summed E-state index contributed by atoms with van der Waals surface area (Å²) in [4.78, 5) is 18.8. The largest absolute Gasteiger partial charge is 0.377 e. The van der Waals surface area contributed by atoms with E-state index in [1.54, 1.807) is 11.7 Å². The van der Waals surface area contributed by atoms with Crippen LogP contribution in [0.15, 0.2) is 71.6 Å². The number of benzene rings is 2. The van der Waals surface area contributed by atoms with Crippen molar-refractivity contribution in [2.75, 3.05) is 7.11 Å². The van der Waals surface area contributed by atoms with Crippen molar-refractivity contribution < 1.29 is 4.74 Å². The van der Waals surface area contributed by atoms with E-state index in [-0.39, 0.29) is 11.7 Å². The van der Waals surface area contributed by atoms with Crippen LogP contribution >= 0.6 is 0 Å². The van der Waals surface area contributed by atoms with Crippen molar-refractivity contribution in [3.05, 3.63) is 105 Å². The molecule has 1 unspecified atom stereocenters. The molecule has 3 aromatic rings. The lowest BCUT2D eigenvalue weighted by molar-refractivity contribution is 0.143. The Kier molecular flexibility index (Phi) is 7.74. The molecule has 1 aliphatic rings. The number of allylic oxidation sites excluding steroid dienone is 2. The van der Waals surface area contributed by atoms with Crippen LogP contribution in [-0.4, -0.2) is 22.8 Å². The first-order valence-electron chi connectivity index (χ1n) is 12.2. The lowest BCUT2D eigenvalue weighted by Gasteiger charge is -2.20. The van der Waals surface area contributed by atoms with Crippen LogP contribution in [0.5, 0.6) is 0 Å². The van der Waals surface area contributed by atoms with Gasteiger partial charge in [0.15, 0.2) is 0 Å². The van der Waals surface area contributed by atoms with Crippen LogP contribution in [0.1, 0.15) is 54.9 Å². The van der Waals surface area contributed by atoms with Crippen molar-refractivity contribution in [3.63, 3.8) is 0 Å². The Bertz CT molecular complexity index is 1360. The van der Waals surface area contributed by atoms with Gasteiger partial charge in [0, 0.05) is 31.2 Å². The first kappa shape index (κ1) is 24.4. The van der Waals surface area contributed by atoms with E-state index in [4.69, 9.17) is 9.72 Å². The van der Waals surface area contributed by atoms with Crippen LogP contribution in [0.2, 0.25) is 0 Å². The Morgan fingerprint density at radius 3 is 2.54 bits per heavy atom. The van der Waals surface area contributed by atoms with E-state index in [1.807, 2.05) is 67.6 Å². The summed E-state index contributed by atoms with van der Waals surface area (Å²) in [5, 5.41) is 9.44. The van der Waals surface area contributed by atoms with Crippen molar-refractivity contribution >= 4 is 5.70 Å². The Balaban J connectivity index is 1.72. The molecule has 0 aliphatic heterocycles. The van der Waals surface area contributed by atoms with Crippen LogP contribution in [0.25, 0.3) is 16.8 Å². The fourth-order valence-corrected chi connectivity index (χ4v) is 4.54. The highest BCUT2D eigenvalue weighted by molar-refractivity contribution is 5.70. The van der Waals surface area contributed by atoms with Gasteiger partial charge in [-0.2, -0.15) is 5.26 Å². The van der Waals surface area contributed by atoms with Gasteiger partial charge >= 0.3 is 0 Å². The number of ether oxygens (including phenoxy) is 1. The zero-order chi connectivity index (χ0) is 24.8. The highest BCUT2D eigenvalue weighted by atomic mass is 16.5. The van der Waals surface area contributed by atoms with Crippen molar-refractivity contribution in [1.29, 1.82) is 5.26 Å². The Morgan fingerprint density at radius 2 is 1.91 bits per heavy atom. The smallest absolute Gasteiger partial charge is 0.261 e. The predicted octanol–water partition coefficient (Wildman–Crippen LogP) is 5.70. The maximum absolute atomic E-state index is 13.9. The second-order valence-corrected chi connectivity index (χ2v) is 8.73. The number of nitriles is 1. The van der Waals surface area contributed by atoms with E-state index in [0.717, 1.165) is 58.7 Å². The molecule has 0 saturated heterocycles. The van der Waals surface area contributed by atoms with E-state index in [2.05, 4.69) is 19.1 Å². The van der Waals surface area contributed by atoms with Gasteiger partial charge in [-0.15, -0.1) is 0 Å². The Hall–Kier alpha value is -3.75. The molecule has 5 heteroatoms. The van der Waals surface area contributed by atoms with Crippen molar-refractivity contribution in [2.45, 2.75) is 52.1 Å². The minimum Gasteiger partial charge on any atom is -0.377 e. The zero-order valence-electron chi connectivity index (χ0n) is 20.6. The van der Waals surface area contributed by atoms with Crippen LogP contribution in [0.4, 0.5) is 0 Å². The quantitative estimate of drug-likeness (QED) is 0.428. The van der Waals surface area contributed by atoms with Crippen molar-refractivity contribution in [2.24, 2.45) is 0 Å². The molecule has 1 aliphatic carbocycles. The minimum atomic E-state index is 0.00553. The minimum absolute atomic E-state index is 0.00553. The third-order valence-electron chi connectivity index (χ3n) is 6.43. The fourth-order valence-electron chi connectivity index (χ4n) is 4.54. The summed E-state index contributed by atoms with van der Waals surface area (Å²) in [5.41, 5.74) is 6.10. The Morgan fingerprint density at radius 1 is 1.14 bits per heavy atom. The Labute approximate surface area is 207 Å². The highest BCUT2D eigenvalue weighted by Gasteiger charge is 2.19. The van der Waals surface area contributed by atoms with Gasteiger partial charge < -0.3 is 4.74 Å². The number of rotatable bonds is 8.